The van der Waals surface area contributed by atoms with E-state index in [0.29, 0.717) is 5.75 Å². The number of methoxy groups -OCH3 is 2. The third kappa shape index (κ3) is 5.33. The second kappa shape index (κ2) is 10.3. The van der Waals surface area contributed by atoms with Crippen LogP contribution in [0.5, 0.6) is 5.75 Å². The zero-order chi connectivity index (χ0) is 24.2. The normalized spacial score (nSPS) is 18.8. The average molecular weight is 476 g/mol. The highest BCUT2D eigenvalue weighted by molar-refractivity contribution is 7.89. The van der Waals surface area contributed by atoms with E-state index in [9.17, 15) is 18.0 Å². The van der Waals surface area contributed by atoms with Crippen LogP contribution in [0.3, 0.4) is 0 Å². The van der Waals surface area contributed by atoms with Crippen LogP contribution in [0, 0.1) is 5.92 Å². The molecule has 0 spiro atoms. The smallest absolute Gasteiger partial charge is 0.324 e. The Balaban J connectivity index is 1.96. The van der Waals surface area contributed by atoms with Crippen LogP contribution >= 0.6 is 0 Å². The molecule has 2 heterocycles. The molecule has 0 unspecified atom stereocenters. The van der Waals surface area contributed by atoms with Crippen molar-refractivity contribution in [1.29, 1.82) is 0 Å². The summed E-state index contributed by atoms with van der Waals surface area (Å²) < 4.78 is 38.1. The van der Waals surface area contributed by atoms with E-state index in [-0.39, 0.29) is 36.2 Å². The Bertz CT molecular complexity index is 1070. The Morgan fingerprint density at radius 2 is 1.88 bits per heavy atom. The van der Waals surface area contributed by atoms with Crippen LogP contribution in [0.15, 0.2) is 53.7 Å². The summed E-state index contributed by atoms with van der Waals surface area (Å²) in [7, 11) is -1.31. The molecule has 3 rings (SSSR count). The van der Waals surface area contributed by atoms with Crippen molar-refractivity contribution >= 4 is 21.9 Å². The van der Waals surface area contributed by atoms with Gasteiger partial charge in [-0.25, -0.2) is 8.42 Å². The van der Waals surface area contributed by atoms with Gasteiger partial charge in [-0.1, -0.05) is 19.9 Å². The number of nitrogens with zero attached hydrogens (tertiary/aromatic N) is 3. The lowest BCUT2D eigenvalue weighted by Crippen LogP contribution is -2.44. The fraction of sp³-hybridized carbons (Fsp3) is 0.435. The molecule has 0 bridgehead atoms. The number of sulfonamides is 1. The van der Waals surface area contributed by atoms with Gasteiger partial charge in [0.05, 0.1) is 19.1 Å². The zero-order valence-corrected chi connectivity index (χ0v) is 20.0. The highest BCUT2D eigenvalue weighted by Gasteiger charge is 2.47. The maximum atomic E-state index is 13.5. The van der Waals surface area contributed by atoms with E-state index in [1.54, 1.807) is 49.3 Å². The highest BCUT2D eigenvalue weighted by Crippen LogP contribution is 2.31. The molecule has 178 valence electrons. The molecule has 1 amide bonds. The van der Waals surface area contributed by atoms with Crippen LogP contribution < -0.4 is 4.74 Å². The highest BCUT2D eigenvalue weighted by atomic mass is 32.2. The van der Waals surface area contributed by atoms with Gasteiger partial charge in [-0.15, -0.1) is 0 Å². The fourth-order valence-electron chi connectivity index (χ4n) is 3.92. The van der Waals surface area contributed by atoms with Crippen molar-refractivity contribution in [2.45, 2.75) is 43.8 Å². The third-order valence-corrected chi connectivity index (χ3v) is 7.56. The van der Waals surface area contributed by atoms with E-state index in [1.807, 2.05) is 6.07 Å². The summed E-state index contributed by atoms with van der Waals surface area (Å²) in [6.07, 6.45) is 3.45. The predicted octanol–water partition coefficient (Wildman–Crippen LogP) is 2.08. The number of carbonyl (C=O) groups is 2. The molecule has 0 aliphatic carbocycles. The lowest BCUT2D eigenvalue weighted by Gasteiger charge is -2.30. The number of carbonyl (C=O) groups excluding carboxylic acids is 2. The van der Waals surface area contributed by atoms with E-state index < -0.39 is 28.1 Å². The minimum atomic E-state index is -4.03. The molecule has 1 saturated heterocycles. The average Bonchev–Trinajstić information content (AvgIpc) is 3.28. The molecule has 1 aliphatic rings. The molecule has 1 aliphatic heterocycles. The van der Waals surface area contributed by atoms with Crippen LogP contribution in [0.4, 0.5) is 0 Å². The monoisotopic (exact) mass is 475 g/mol. The van der Waals surface area contributed by atoms with Crippen molar-refractivity contribution in [3.05, 3.63) is 54.4 Å². The summed E-state index contributed by atoms with van der Waals surface area (Å²) in [6.45, 7) is 3.82. The quantitative estimate of drug-likeness (QED) is 0.538. The van der Waals surface area contributed by atoms with Gasteiger partial charge in [-0.3, -0.25) is 14.6 Å². The molecule has 33 heavy (non-hydrogen) atoms. The van der Waals surface area contributed by atoms with Crippen molar-refractivity contribution in [2.24, 2.45) is 5.92 Å². The molecule has 1 aromatic heterocycles. The third-order valence-electron chi connectivity index (χ3n) is 5.67. The number of aromatic nitrogens is 1. The largest absolute Gasteiger partial charge is 0.497 e. The number of benzene rings is 1. The van der Waals surface area contributed by atoms with Gasteiger partial charge >= 0.3 is 5.97 Å². The maximum absolute atomic E-state index is 13.5. The van der Waals surface area contributed by atoms with E-state index in [0.717, 1.165) is 9.87 Å². The van der Waals surface area contributed by atoms with E-state index in [4.69, 9.17) is 9.47 Å². The number of pyridine rings is 1. The molecule has 9 nitrogen and oxygen atoms in total. The second-order valence-electron chi connectivity index (χ2n) is 8.16. The lowest BCUT2D eigenvalue weighted by molar-refractivity contribution is -0.144. The molecule has 0 radical (unpaired) electrons. The topological polar surface area (TPSA) is 106 Å². The first kappa shape index (κ1) is 24.7. The van der Waals surface area contributed by atoms with Crippen LogP contribution in [0.2, 0.25) is 0 Å². The first-order valence-corrected chi connectivity index (χ1v) is 12.1. The Kier molecular flexibility index (Phi) is 7.70. The van der Waals surface area contributed by atoms with Crippen LogP contribution in [-0.4, -0.2) is 67.3 Å². The minimum Gasteiger partial charge on any atom is -0.497 e. The molecule has 0 N–H and O–H groups in total. The summed E-state index contributed by atoms with van der Waals surface area (Å²) in [5.74, 6) is -0.572. The Labute approximate surface area is 194 Å². The van der Waals surface area contributed by atoms with E-state index >= 15 is 0 Å². The van der Waals surface area contributed by atoms with Crippen LogP contribution in [0.25, 0.3) is 0 Å². The number of hydrogen-bond acceptors (Lipinski definition) is 7. The van der Waals surface area contributed by atoms with Crippen molar-refractivity contribution in [3.8, 4) is 5.75 Å². The summed E-state index contributed by atoms with van der Waals surface area (Å²) >= 11 is 0. The van der Waals surface area contributed by atoms with Gasteiger partial charge < -0.3 is 14.4 Å². The number of esters is 1. The van der Waals surface area contributed by atoms with Gasteiger partial charge in [0, 0.05) is 37.4 Å². The van der Waals surface area contributed by atoms with E-state index in [2.05, 4.69) is 4.98 Å². The van der Waals surface area contributed by atoms with Gasteiger partial charge in [0.1, 0.15) is 11.8 Å². The van der Waals surface area contributed by atoms with Crippen molar-refractivity contribution < 1.29 is 27.5 Å². The number of rotatable bonds is 8. The van der Waals surface area contributed by atoms with E-state index in [1.165, 1.54) is 26.4 Å². The second-order valence-corrected chi connectivity index (χ2v) is 10.1. The maximum Gasteiger partial charge on any atom is 0.324 e. The van der Waals surface area contributed by atoms with Crippen LogP contribution in [0.1, 0.15) is 25.8 Å². The molecular formula is C23H29N3O6S. The van der Waals surface area contributed by atoms with Gasteiger partial charge in [-0.05, 0) is 42.3 Å². The molecule has 2 aromatic rings. The molecular weight excluding hydrogens is 446 g/mol. The van der Waals surface area contributed by atoms with Crippen molar-refractivity contribution in [3.63, 3.8) is 0 Å². The summed E-state index contributed by atoms with van der Waals surface area (Å²) in [4.78, 5) is 31.4. The number of hydrogen-bond donors (Lipinski definition) is 0. The van der Waals surface area contributed by atoms with Gasteiger partial charge in [0.15, 0.2) is 0 Å². The Morgan fingerprint density at radius 1 is 1.18 bits per heavy atom. The van der Waals surface area contributed by atoms with Gasteiger partial charge in [0.2, 0.25) is 15.9 Å². The Hall–Kier alpha value is -2.98. The predicted molar refractivity (Wildman–Crippen MR) is 121 cm³/mol. The summed E-state index contributed by atoms with van der Waals surface area (Å²) in [5, 5.41) is 0. The summed E-state index contributed by atoms with van der Waals surface area (Å²) in [6, 6.07) is 8.05. The molecule has 1 fully saturated rings. The van der Waals surface area contributed by atoms with Gasteiger partial charge in [0.25, 0.3) is 0 Å². The lowest BCUT2D eigenvalue weighted by atomic mass is 10.1. The first-order chi connectivity index (χ1) is 15.7. The Morgan fingerprint density at radius 3 is 2.42 bits per heavy atom. The zero-order valence-electron chi connectivity index (χ0n) is 19.2. The molecule has 0 saturated carbocycles. The first-order valence-electron chi connectivity index (χ1n) is 10.6. The SMILES string of the molecule is COC(=O)[C@H]1C[C@H](N(Cc2cccnc2)C(=O)C(C)C)CN1S(=O)(=O)c1ccc(OC)cc1. The molecule has 2 atom stereocenters. The minimum absolute atomic E-state index is 0.0210. The van der Waals surface area contributed by atoms with Crippen molar-refractivity contribution in [2.75, 3.05) is 20.8 Å². The number of amides is 1. The summed E-state index contributed by atoms with van der Waals surface area (Å²) in [5.41, 5.74) is 0.817. The fourth-order valence-corrected chi connectivity index (χ4v) is 5.54. The van der Waals surface area contributed by atoms with Gasteiger partial charge in [-0.2, -0.15) is 4.31 Å². The molecule has 1 aromatic carbocycles. The van der Waals surface area contributed by atoms with Crippen LogP contribution in [-0.2, 0) is 30.9 Å². The standard InChI is InChI=1S/C23H29N3O6S/c1-16(2)22(27)25(14-17-6-5-11-24-13-17)18-12-21(23(28)32-4)26(15-18)33(29,30)20-9-7-19(31-3)8-10-20/h5-11,13,16,18,21H,12,14-15H2,1-4H3/t18-,21+/m0/s1. The van der Waals surface area contributed by atoms with Crippen molar-refractivity contribution in [1.82, 2.24) is 14.2 Å². The molecule has 10 heteroatoms. The number of ether oxygens (including phenoxy) is 2.